The van der Waals surface area contributed by atoms with Crippen LogP contribution >= 0.6 is 0 Å². The molecule has 9 heteroatoms. The van der Waals surface area contributed by atoms with E-state index in [1.807, 2.05) is 11.0 Å². The van der Waals surface area contributed by atoms with Crippen molar-refractivity contribution in [3.63, 3.8) is 0 Å². The molecule has 4 N–H and O–H groups in total. The van der Waals surface area contributed by atoms with E-state index in [4.69, 9.17) is 5.73 Å². The van der Waals surface area contributed by atoms with Gasteiger partial charge < -0.3 is 16.0 Å². The molecule has 9 nitrogen and oxygen atoms in total. The highest BCUT2D eigenvalue weighted by Gasteiger charge is 2.26. The van der Waals surface area contributed by atoms with Gasteiger partial charge in [0.25, 0.3) is 5.91 Å². The first-order valence-corrected chi connectivity index (χ1v) is 9.97. The van der Waals surface area contributed by atoms with Crippen molar-refractivity contribution in [3.8, 4) is 0 Å². The highest BCUT2D eigenvalue weighted by atomic mass is 16.2. The maximum Gasteiger partial charge on any atom is 0.251 e. The van der Waals surface area contributed by atoms with Crippen LogP contribution in [-0.4, -0.2) is 82.3 Å². The molecule has 0 bridgehead atoms. The number of rotatable bonds is 5. The smallest absolute Gasteiger partial charge is 0.251 e. The lowest BCUT2D eigenvalue weighted by Gasteiger charge is -2.40. The molecule has 0 saturated carbocycles. The third kappa shape index (κ3) is 4.00. The molecule has 1 aromatic carbocycles. The van der Waals surface area contributed by atoms with E-state index < -0.39 is 5.91 Å². The van der Waals surface area contributed by atoms with Crippen molar-refractivity contribution in [3.05, 3.63) is 23.3 Å². The lowest BCUT2D eigenvalue weighted by Crippen LogP contribution is -2.54. The van der Waals surface area contributed by atoms with E-state index >= 15 is 0 Å². The SMILES string of the molecule is NC(=O)c1cc(CCC(=O)N2CCN(C3CCNCC3)CC2)cc2n[nH]nc12. The van der Waals surface area contributed by atoms with E-state index in [1.54, 1.807) is 6.07 Å². The van der Waals surface area contributed by atoms with Crippen molar-refractivity contribution in [1.29, 1.82) is 0 Å². The lowest BCUT2D eigenvalue weighted by atomic mass is 10.0. The van der Waals surface area contributed by atoms with Gasteiger partial charge in [-0.15, -0.1) is 0 Å². The summed E-state index contributed by atoms with van der Waals surface area (Å²) in [6, 6.07) is 4.23. The molecule has 2 fully saturated rings. The summed E-state index contributed by atoms with van der Waals surface area (Å²) in [6.07, 6.45) is 3.35. The van der Waals surface area contributed by atoms with E-state index in [2.05, 4.69) is 25.6 Å². The van der Waals surface area contributed by atoms with Crippen LogP contribution in [0.1, 0.15) is 35.2 Å². The van der Waals surface area contributed by atoms with Gasteiger partial charge in [-0.2, -0.15) is 15.4 Å². The van der Waals surface area contributed by atoms with Crippen molar-refractivity contribution >= 4 is 22.8 Å². The van der Waals surface area contributed by atoms with Gasteiger partial charge in [0.15, 0.2) is 0 Å². The summed E-state index contributed by atoms with van der Waals surface area (Å²) in [7, 11) is 0. The summed E-state index contributed by atoms with van der Waals surface area (Å²) in [5.41, 5.74) is 7.72. The molecule has 2 aliphatic heterocycles. The maximum atomic E-state index is 12.7. The number of fused-ring (bicyclic) bond motifs is 1. The summed E-state index contributed by atoms with van der Waals surface area (Å²) in [4.78, 5) is 28.8. The number of H-pyrrole nitrogens is 1. The minimum absolute atomic E-state index is 0.158. The Morgan fingerprint density at radius 1 is 1.11 bits per heavy atom. The number of hydrogen-bond acceptors (Lipinski definition) is 6. The zero-order valence-corrected chi connectivity index (χ0v) is 16.0. The van der Waals surface area contributed by atoms with Crippen LogP contribution in [0.15, 0.2) is 12.1 Å². The Morgan fingerprint density at radius 3 is 2.57 bits per heavy atom. The molecular formula is C19H27N7O2. The summed E-state index contributed by atoms with van der Waals surface area (Å²) < 4.78 is 0. The largest absolute Gasteiger partial charge is 0.366 e. The normalized spacial score (nSPS) is 19.2. The molecule has 4 rings (SSSR count). The van der Waals surface area contributed by atoms with Gasteiger partial charge in [0.05, 0.1) is 5.56 Å². The number of aromatic amines is 1. The fraction of sp³-hybridized carbons (Fsp3) is 0.579. The average molecular weight is 385 g/mol. The van der Waals surface area contributed by atoms with Crippen LogP contribution in [0, 0.1) is 0 Å². The molecule has 1 aromatic heterocycles. The predicted molar refractivity (Wildman–Crippen MR) is 105 cm³/mol. The standard InChI is InChI=1S/C19H27N7O2/c20-19(28)15-11-13(12-16-18(15)23-24-22-16)1-2-17(27)26-9-7-25(8-10-26)14-3-5-21-6-4-14/h11-12,14,21H,1-10H2,(H2,20,28)(H,22,23,24). The Bertz CT molecular complexity index is 851. The van der Waals surface area contributed by atoms with Gasteiger partial charge in [-0.1, -0.05) is 0 Å². The first-order valence-electron chi connectivity index (χ1n) is 9.97. The molecular weight excluding hydrogens is 358 g/mol. The molecule has 2 amide bonds. The molecule has 0 spiro atoms. The third-order valence-corrected chi connectivity index (χ3v) is 5.87. The minimum atomic E-state index is -0.541. The fourth-order valence-electron chi connectivity index (χ4n) is 4.26. The zero-order chi connectivity index (χ0) is 19.5. The van der Waals surface area contributed by atoms with Crippen molar-refractivity contribution < 1.29 is 9.59 Å². The molecule has 28 heavy (non-hydrogen) atoms. The van der Waals surface area contributed by atoms with Crippen molar-refractivity contribution in [2.45, 2.75) is 31.7 Å². The van der Waals surface area contributed by atoms with Gasteiger partial charge >= 0.3 is 0 Å². The molecule has 0 radical (unpaired) electrons. The van der Waals surface area contributed by atoms with Gasteiger partial charge in [-0.05, 0) is 50.0 Å². The van der Waals surface area contributed by atoms with Crippen molar-refractivity contribution in [1.82, 2.24) is 30.5 Å². The maximum absolute atomic E-state index is 12.7. The highest BCUT2D eigenvalue weighted by Crippen LogP contribution is 2.19. The zero-order valence-electron chi connectivity index (χ0n) is 16.0. The molecule has 2 aromatic rings. The van der Waals surface area contributed by atoms with Gasteiger partial charge in [-0.3, -0.25) is 14.5 Å². The molecule has 2 saturated heterocycles. The number of nitrogens with zero attached hydrogens (tertiary/aromatic N) is 4. The van der Waals surface area contributed by atoms with Gasteiger partial charge in [-0.25, -0.2) is 0 Å². The Kier molecular flexibility index (Phi) is 5.54. The Labute approximate surface area is 163 Å². The summed E-state index contributed by atoms with van der Waals surface area (Å²) in [5.74, 6) is -0.382. The molecule has 0 atom stereocenters. The number of carbonyl (C=O) groups excluding carboxylic acids is 2. The fourth-order valence-corrected chi connectivity index (χ4v) is 4.26. The number of aryl methyl sites for hydroxylation is 1. The Morgan fingerprint density at radius 2 is 1.86 bits per heavy atom. The quantitative estimate of drug-likeness (QED) is 0.660. The topological polar surface area (TPSA) is 120 Å². The van der Waals surface area contributed by atoms with E-state index in [1.165, 1.54) is 12.8 Å². The monoisotopic (exact) mass is 385 g/mol. The van der Waals surface area contributed by atoms with Gasteiger partial charge in [0, 0.05) is 38.6 Å². The summed E-state index contributed by atoms with van der Waals surface area (Å²) >= 11 is 0. The number of piperidine rings is 1. The van der Waals surface area contributed by atoms with E-state index in [9.17, 15) is 9.59 Å². The van der Waals surface area contributed by atoms with Crippen LogP contribution in [-0.2, 0) is 11.2 Å². The highest BCUT2D eigenvalue weighted by molar-refractivity contribution is 6.04. The average Bonchev–Trinajstić information content (AvgIpc) is 3.20. The van der Waals surface area contributed by atoms with Crippen LogP contribution in [0.3, 0.4) is 0 Å². The van der Waals surface area contributed by atoms with Gasteiger partial charge in [0.2, 0.25) is 5.91 Å². The molecule has 150 valence electrons. The first kappa shape index (κ1) is 18.8. The lowest BCUT2D eigenvalue weighted by molar-refractivity contribution is -0.133. The summed E-state index contributed by atoms with van der Waals surface area (Å²) in [6.45, 7) is 5.66. The van der Waals surface area contributed by atoms with Crippen molar-refractivity contribution in [2.24, 2.45) is 5.73 Å². The Hall–Kier alpha value is -2.52. The molecule has 2 aliphatic rings. The first-order chi connectivity index (χ1) is 13.6. The Balaban J connectivity index is 1.32. The third-order valence-electron chi connectivity index (χ3n) is 5.87. The number of carbonyl (C=O) groups is 2. The number of nitrogens with two attached hydrogens (primary N) is 1. The van der Waals surface area contributed by atoms with E-state index in [0.717, 1.165) is 44.8 Å². The summed E-state index contributed by atoms with van der Waals surface area (Å²) in [5, 5.41) is 13.9. The van der Waals surface area contributed by atoms with E-state index in [-0.39, 0.29) is 5.91 Å². The van der Waals surface area contributed by atoms with Crippen LogP contribution in [0.25, 0.3) is 11.0 Å². The number of amides is 2. The van der Waals surface area contributed by atoms with Gasteiger partial charge in [0.1, 0.15) is 11.0 Å². The second-order valence-electron chi connectivity index (χ2n) is 7.60. The number of benzene rings is 1. The second-order valence-corrected chi connectivity index (χ2v) is 7.60. The number of piperazine rings is 1. The number of nitrogens with one attached hydrogen (secondary N) is 2. The van der Waals surface area contributed by atoms with Crippen LogP contribution in [0.5, 0.6) is 0 Å². The molecule has 0 aliphatic carbocycles. The van der Waals surface area contributed by atoms with Crippen LogP contribution in [0.4, 0.5) is 0 Å². The minimum Gasteiger partial charge on any atom is -0.366 e. The number of hydrogen-bond donors (Lipinski definition) is 3. The van der Waals surface area contributed by atoms with Crippen LogP contribution in [0.2, 0.25) is 0 Å². The van der Waals surface area contributed by atoms with Crippen molar-refractivity contribution in [2.75, 3.05) is 39.3 Å². The van der Waals surface area contributed by atoms with E-state index in [0.29, 0.717) is 35.5 Å². The second kappa shape index (κ2) is 8.24. The molecule has 0 unspecified atom stereocenters. The number of aromatic nitrogens is 3. The molecule has 3 heterocycles. The number of primary amides is 1. The van der Waals surface area contributed by atoms with Crippen LogP contribution < -0.4 is 11.1 Å². The predicted octanol–water partition coefficient (Wildman–Crippen LogP) is -0.114.